The Morgan fingerprint density at radius 1 is 1.17 bits per heavy atom. The summed E-state index contributed by atoms with van der Waals surface area (Å²) in [6.45, 7) is 8.82. The third kappa shape index (κ3) is 9.52. The Bertz CT molecular complexity index is 705. The van der Waals surface area contributed by atoms with Gasteiger partial charge in [-0.2, -0.15) is 0 Å². The summed E-state index contributed by atoms with van der Waals surface area (Å²) in [5.41, 5.74) is 0.763. The van der Waals surface area contributed by atoms with Crippen molar-refractivity contribution < 1.29 is 24.2 Å². The van der Waals surface area contributed by atoms with Crippen LogP contribution in [0.3, 0.4) is 0 Å². The Morgan fingerprint density at radius 3 is 2.47 bits per heavy atom. The van der Waals surface area contributed by atoms with Crippen LogP contribution >= 0.6 is 0 Å². The Morgan fingerprint density at radius 2 is 1.87 bits per heavy atom. The Balaban J connectivity index is 2.76. The lowest BCUT2D eigenvalue weighted by molar-refractivity contribution is -0.150. The fourth-order valence-electron chi connectivity index (χ4n) is 2.76. The summed E-state index contributed by atoms with van der Waals surface area (Å²) < 4.78 is 5.55. The first-order chi connectivity index (χ1) is 14.4. The van der Waals surface area contributed by atoms with E-state index in [1.807, 2.05) is 30.3 Å². The number of nitrogens with one attached hydrogen (secondary N) is 2. The standard InChI is InChI=1S/C23H32N2O5/c1-4-6-13-22(28)30-20(18-11-8-7-9-12-18)15-24-23(29)19(10-5-2)14-21(27)25-17(3)16-26/h4-5,7-9,11-12,17,19-20,26H,1-2,6,10,13-16H2,3H3,(H,24,29)(H,25,27)/t17-,19-,20+/m1/s1. The quantitative estimate of drug-likeness (QED) is 0.319. The van der Waals surface area contributed by atoms with Gasteiger partial charge in [-0.25, -0.2) is 0 Å². The van der Waals surface area contributed by atoms with E-state index in [0.717, 1.165) is 5.56 Å². The van der Waals surface area contributed by atoms with Crippen molar-refractivity contribution in [1.29, 1.82) is 0 Å². The zero-order chi connectivity index (χ0) is 22.4. The molecule has 0 fully saturated rings. The fraction of sp³-hybridized carbons (Fsp3) is 0.435. The molecule has 0 unspecified atom stereocenters. The lowest BCUT2D eigenvalue weighted by Gasteiger charge is -2.21. The molecule has 0 aliphatic heterocycles. The molecular weight excluding hydrogens is 384 g/mol. The fourth-order valence-corrected chi connectivity index (χ4v) is 2.76. The highest BCUT2D eigenvalue weighted by Gasteiger charge is 2.24. The van der Waals surface area contributed by atoms with E-state index < -0.39 is 12.0 Å². The molecule has 3 atom stereocenters. The average molecular weight is 417 g/mol. The number of benzene rings is 1. The smallest absolute Gasteiger partial charge is 0.306 e. The van der Waals surface area contributed by atoms with E-state index in [1.165, 1.54) is 0 Å². The number of rotatable bonds is 14. The second-order valence-corrected chi connectivity index (χ2v) is 7.04. The van der Waals surface area contributed by atoms with E-state index in [2.05, 4.69) is 23.8 Å². The van der Waals surface area contributed by atoms with Gasteiger partial charge in [0.15, 0.2) is 0 Å². The van der Waals surface area contributed by atoms with E-state index in [1.54, 1.807) is 19.1 Å². The van der Waals surface area contributed by atoms with Crippen molar-refractivity contribution in [3.05, 3.63) is 61.2 Å². The van der Waals surface area contributed by atoms with Gasteiger partial charge in [-0.05, 0) is 25.3 Å². The molecule has 1 aromatic carbocycles. The Labute approximate surface area is 178 Å². The van der Waals surface area contributed by atoms with Crippen molar-refractivity contribution in [2.24, 2.45) is 5.92 Å². The molecule has 164 valence electrons. The summed E-state index contributed by atoms with van der Waals surface area (Å²) in [6.07, 6.45) is 3.60. The van der Waals surface area contributed by atoms with E-state index in [-0.39, 0.29) is 49.8 Å². The molecule has 3 N–H and O–H groups in total. The molecule has 7 nitrogen and oxygen atoms in total. The van der Waals surface area contributed by atoms with Crippen LogP contribution in [-0.2, 0) is 19.1 Å². The van der Waals surface area contributed by atoms with Gasteiger partial charge >= 0.3 is 5.97 Å². The monoisotopic (exact) mass is 416 g/mol. The predicted molar refractivity (Wildman–Crippen MR) is 115 cm³/mol. The average Bonchev–Trinajstić information content (AvgIpc) is 2.75. The molecule has 0 spiro atoms. The normalized spacial score (nSPS) is 13.4. The number of carbonyl (C=O) groups excluding carboxylic acids is 3. The Hall–Kier alpha value is -2.93. The van der Waals surface area contributed by atoms with Gasteiger partial charge in [-0.3, -0.25) is 14.4 Å². The number of hydrogen-bond acceptors (Lipinski definition) is 5. The highest BCUT2D eigenvalue weighted by atomic mass is 16.5. The molecular formula is C23H32N2O5. The van der Waals surface area contributed by atoms with Gasteiger partial charge in [-0.15, -0.1) is 13.2 Å². The van der Waals surface area contributed by atoms with Crippen molar-refractivity contribution >= 4 is 17.8 Å². The van der Waals surface area contributed by atoms with Crippen molar-refractivity contribution in [3.8, 4) is 0 Å². The molecule has 7 heteroatoms. The van der Waals surface area contributed by atoms with Crippen molar-refractivity contribution in [2.75, 3.05) is 13.2 Å². The summed E-state index contributed by atoms with van der Waals surface area (Å²) >= 11 is 0. The van der Waals surface area contributed by atoms with Crippen LogP contribution in [0.1, 0.15) is 44.3 Å². The van der Waals surface area contributed by atoms with E-state index >= 15 is 0 Å². The second-order valence-electron chi connectivity index (χ2n) is 7.04. The third-order valence-electron chi connectivity index (χ3n) is 4.39. The first-order valence-corrected chi connectivity index (χ1v) is 10.0. The summed E-state index contributed by atoms with van der Waals surface area (Å²) in [5.74, 6) is -1.64. The molecule has 0 heterocycles. The lowest BCUT2D eigenvalue weighted by Crippen LogP contribution is -2.40. The number of aliphatic hydroxyl groups excluding tert-OH is 1. The number of carbonyl (C=O) groups is 3. The van der Waals surface area contributed by atoms with Gasteiger partial charge in [0.05, 0.1) is 19.1 Å². The third-order valence-corrected chi connectivity index (χ3v) is 4.39. The van der Waals surface area contributed by atoms with Crippen LogP contribution in [0.15, 0.2) is 55.6 Å². The van der Waals surface area contributed by atoms with Crippen LogP contribution in [0.25, 0.3) is 0 Å². The minimum atomic E-state index is -0.639. The molecule has 1 aromatic rings. The molecule has 0 bridgehead atoms. The minimum absolute atomic E-state index is 0.0304. The predicted octanol–water partition coefficient (Wildman–Crippen LogP) is 2.43. The van der Waals surface area contributed by atoms with Crippen molar-refractivity contribution in [3.63, 3.8) is 0 Å². The highest BCUT2D eigenvalue weighted by Crippen LogP contribution is 2.18. The highest BCUT2D eigenvalue weighted by molar-refractivity contribution is 5.86. The summed E-state index contributed by atoms with van der Waals surface area (Å²) in [6, 6.07) is 8.77. The maximum atomic E-state index is 12.7. The molecule has 1 rings (SSSR count). The van der Waals surface area contributed by atoms with E-state index in [9.17, 15) is 14.4 Å². The van der Waals surface area contributed by atoms with Crippen molar-refractivity contribution in [1.82, 2.24) is 10.6 Å². The first kappa shape index (κ1) is 25.1. The Kier molecular flexibility index (Phi) is 11.8. The first-order valence-electron chi connectivity index (χ1n) is 10.0. The molecule has 0 radical (unpaired) electrons. The molecule has 0 aliphatic carbocycles. The number of hydrogen-bond donors (Lipinski definition) is 3. The molecule has 0 aliphatic rings. The van der Waals surface area contributed by atoms with Gasteiger partial charge in [0, 0.05) is 18.9 Å². The van der Waals surface area contributed by atoms with Crippen LogP contribution in [0.4, 0.5) is 0 Å². The summed E-state index contributed by atoms with van der Waals surface area (Å²) in [4.78, 5) is 36.8. The maximum absolute atomic E-state index is 12.7. The van der Waals surface area contributed by atoms with Crippen LogP contribution < -0.4 is 10.6 Å². The number of aliphatic hydroxyl groups is 1. The van der Waals surface area contributed by atoms with Crippen LogP contribution in [0.5, 0.6) is 0 Å². The van der Waals surface area contributed by atoms with Crippen molar-refractivity contribution in [2.45, 2.75) is 44.8 Å². The molecule has 0 saturated heterocycles. The van der Waals surface area contributed by atoms with E-state index in [0.29, 0.717) is 12.8 Å². The summed E-state index contributed by atoms with van der Waals surface area (Å²) in [7, 11) is 0. The van der Waals surface area contributed by atoms with Gasteiger partial charge in [0.1, 0.15) is 6.10 Å². The number of allylic oxidation sites excluding steroid dienone is 2. The number of ether oxygens (including phenoxy) is 1. The largest absolute Gasteiger partial charge is 0.456 e. The second kappa shape index (κ2) is 14.1. The maximum Gasteiger partial charge on any atom is 0.306 e. The van der Waals surface area contributed by atoms with Gasteiger partial charge in [0.2, 0.25) is 11.8 Å². The van der Waals surface area contributed by atoms with Crippen LogP contribution in [0.2, 0.25) is 0 Å². The zero-order valence-corrected chi connectivity index (χ0v) is 17.5. The van der Waals surface area contributed by atoms with E-state index in [4.69, 9.17) is 9.84 Å². The topological polar surface area (TPSA) is 105 Å². The lowest BCUT2D eigenvalue weighted by atomic mass is 9.99. The number of amides is 2. The van der Waals surface area contributed by atoms with Crippen LogP contribution in [-0.4, -0.2) is 42.1 Å². The molecule has 30 heavy (non-hydrogen) atoms. The molecule has 2 amide bonds. The number of esters is 1. The molecule has 0 aromatic heterocycles. The van der Waals surface area contributed by atoms with Crippen LogP contribution in [0, 0.1) is 5.92 Å². The summed E-state index contributed by atoms with van der Waals surface area (Å²) in [5, 5.41) is 14.5. The van der Waals surface area contributed by atoms with Gasteiger partial charge < -0.3 is 20.5 Å². The SMILES string of the molecule is C=CCCC(=O)O[C@@H](CNC(=O)[C@H](CC=C)CC(=O)N[C@H](C)CO)c1ccccc1. The van der Waals surface area contributed by atoms with Gasteiger partial charge in [0.25, 0.3) is 0 Å². The zero-order valence-electron chi connectivity index (χ0n) is 17.5. The molecule has 0 saturated carbocycles. The minimum Gasteiger partial charge on any atom is -0.456 e. The van der Waals surface area contributed by atoms with Gasteiger partial charge in [-0.1, -0.05) is 42.5 Å².